The van der Waals surface area contributed by atoms with Gasteiger partial charge >= 0.3 is 0 Å². The largest absolute Gasteiger partial charge is 0.492 e. The smallest absolute Gasteiger partial charge is 0.237 e. The summed E-state index contributed by atoms with van der Waals surface area (Å²) in [4.78, 5) is 0. The second-order valence-electron chi connectivity index (χ2n) is 3.88. The van der Waals surface area contributed by atoms with Crippen LogP contribution in [0.4, 0.5) is 0 Å². The van der Waals surface area contributed by atoms with Crippen molar-refractivity contribution in [2.45, 2.75) is 26.2 Å². The molecule has 1 N–H and O–H groups in total. The zero-order valence-electron chi connectivity index (χ0n) is 8.33. The van der Waals surface area contributed by atoms with Crippen molar-refractivity contribution in [3.05, 3.63) is 11.6 Å². The zero-order chi connectivity index (χ0) is 10.1. The second kappa shape index (κ2) is 3.20. The van der Waals surface area contributed by atoms with Gasteiger partial charge in [0.25, 0.3) is 0 Å². The molecular formula is C9H14N2O2. The Kier molecular flexibility index (Phi) is 2.40. The Labute approximate surface area is 77.6 Å². The minimum absolute atomic E-state index is 0.0780. The topological polar surface area (TPSA) is 55.2 Å². The molecule has 0 bridgehead atoms. The van der Waals surface area contributed by atoms with Gasteiger partial charge in [-0.1, -0.05) is 20.8 Å². The summed E-state index contributed by atoms with van der Waals surface area (Å²) in [7, 11) is 1.54. The van der Waals surface area contributed by atoms with E-state index in [2.05, 4.69) is 10.2 Å². The van der Waals surface area contributed by atoms with Gasteiger partial charge in [0.05, 0.1) is 7.11 Å². The van der Waals surface area contributed by atoms with Crippen LogP contribution in [-0.2, 0) is 5.41 Å². The summed E-state index contributed by atoms with van der Waals surface area (Å²) in [6, 6.07) is 1.58. The van der Waals surface area contributed by atoms with Gasteiger partial charge in [-0.15, -0.1) is 10.2 Å². The maximum Gasteiger partial charge on any atom is 0.237 e. The molecule has 1 aromatic rings. The van der Waals surface area contributed by atoms with E-state index in [1.54, 1.807) is 6.07 Å². The van der Waals surface area contributed by atoms with Crippen molar-refractivity contribution in [2.75, 3.05) is 7.11 Å². The highest BCUT2D eigenvalue weighted by molar-refractivity contribution is 5.34. The average Bonchev–Trinajstić information content (AvgIpc) is 2.03. The number of hydrogen-bond acceptors (Lipinski definition) is 4. The molecule has 0 saturated heterocycles. The third-order valence-corrected chi connectivity index (χ3v) is 1.75. The summed E-state index contributed by atoms with van der Waals surface area (Å²) >= 11 is 0. The van der Waals surface area contributed by atoms with Crippen LogP contribution in [0.25, 0.3) is 0 Å². The van der Waals surface area contributed by atoms with E-state index in [4.69, 9.17) is 9.84 Å². The van der Waals surface area contributed by atoms with Crippen LogP contribution in [0.1, 0.15) is 26.3 Å². The Balaban J connectivity index is 3.24. The maximum absolute atomic E-state index is 9.17. The van der Waals surface area contributed by atoms with E-state index in [-0.39, 0.29) is 11.3 Å². The van der Waals surface area contributed by atoms with E-state index in [9.17, 15) is 0 Å². The third kappa shape index (κ3) is 2.08. The van der Waals surface area contributed by atoms with E-state index in [0.29, 0.717) is 5.88 Å². The molecule has 0 spiro atoms. The minimum atomic E-state index is -0.112. The summed E-state index contributed by atoms with van der Waals surface area (Å²) in [5.74, 6) is 0.385. The maximum atomic E-state index is 9.17. The second-order valence-corrected chi connectivity index (χ2v) is 3.88. The summed E-state index contributed by atoms with van der Waals surface area (Å²) < 4.78 is 5.04. The van der Waals surface area contributed by atoms with Crippen LogP contribution in [0.15, 0.2) is 6.07 Å². The molecule has 0 aliphatic rings. The molecule has 1 aromatic heterocycles. The van der Waals surface area contributed by atoms with Gasteiger partial charge in [-0.3, -0.25) is 0 Å². The lowest BCUT2D eigenvalue weighted by atomic mass is 9.88. The summed E-state index contributed by atoms with van der Waals surface area (Å²) in [6.45, 7) is 6.06. The lowest BCUT2D eigenvalue weighted by Crippen LogP contribution is -2.14. The molecule has 0 amide bonds. The van der Waals surface area contributed by atoms with Crippen molar-refractivity contribution in [1.82, 2.24) is 10.2 Å². The molecule has 0 unspecified atom stereocenters. The minimum Gasteiger partial charge on any atom is -0.492 e. The number of aromatic nitrogens is 2. The van der Waals surface area contributed by atoms with Crippen LogP contribution in [0, 0.1) is 0 Å². The van der Waals surface area contributed by atoms with Crippen LogP contribution in [-0.4, -0.2) is 22.4 Å². The van der Waals surface area contributed by atoms with Crippen molar-refractivity contribution in [2.24, 2.45) is 0 Å². The molecule has 4 nitrogen and oxygen atoms in total. The lowest BCUT2D eigenvalue weighted by molar-refractivity contribution is 0.363. The normalized spacial score (nSPS) is 11.4. The van der Waals surface area contributed by atoms with Gasteiger partial charge in [0.2, 0.25) is 11.8 Å². The number of nitrogens with zero attached hydrogens (tertiary/aromatic N) is 2. The fraction of sp³-hybridized carbons (Fsp3) is 0.556. The highest BCUT2D eigenvalue weighted by Gasteiger charge is 2.20. The number of aromatic hydroxyl groups is 1. The first-order valence-corrected chi connectivity index (χ1v) is 4.06. The van der Waals surface area contributed by atoms with E-state index in [1.165, 1.54) is 7.11 Å². The number of rotatable bonds is 1. The van der Waals surface area contributed by atoms with Crippen LogP contribution in [0.3, 0.4) is 0 Å². The first kappa shape index (κ1) is 9.77. The number of hydrogen-bond donors (Lipinski definition) is 1. The van der Waals surface area contributed by atoms with E-state index < -0.39 is 0 Å². The Morgan fingerprint density at radius 3 is 2.38 bits per heavy atom. The van der Waals surface area contributed by atoms with Crippen molar-refractivity contribution in [3.8, 4) is 11.8 Å². The number of ether oxygens (including phenoxy) is 1. The predicted octanol–water partition coefficient (Wildman–Crippen LogP) is 1.49. The molecule has 0 saturated carbocycles. The van der Waals surface area contributed by atoms with Gasteiger partial charge in [-0.05, 0) is 5.41 Å². The first-order chi connectivity index (χ1) is 5.95. The van der Waals surface area contributed by atoms with Crippen molar-refractivity contribution < 1.29 is 9.84 Å². The SMILES string of the molecule is COc1nnc(O)cc1C(C)(C)C. The molecule has 0 atom stereocenters. The molecule has 0 radical (unpaired) electrons. The van der Waals surface area contributed by atoms with Crippen LogP contribution >= 0.6 is 0 Å². The summed E-state index contributed by atoms with van der Waals surface area (Å²) in [5, 5.41) is 16.4. The van der Waals surface area contributed by atoms with Gasteiger partial charge < -0.3 is 9.84 Å². The molecule has 0 fully saturated rings. The quantitative estimate of drug-likeness (QED) is 0.714. The molecule has 0 aliphatic carbocycles. The average molecular weight is 182 g/mol. The van der Waals surface area contributed by atoms with Crippen LogP contribution < -0.4 is 4.74 Å². The van der Waals surface area contributed by atoms with Crippen LogP contribution in [0.2, 0.25) is 0 Å². The van der Waals surface area contributed by atoms with Gasteiger partial charge in [0, 0.05) is 11.6 Å². The monoisotopic (exact) mass is 182 g/mol. The zero-order valence-corrected chi connectivity index (χ0v) is 8.33. The van der Waals surface area contributed by atoms with Gasteiger partial charge in [-0.25, -0.2) is 0 Å². The fourth-order valence-electron chi connectivity index (χ4n) is 1.06. The molecule has 72 valence electrons. The van der Waals surface area contributed by atoms with Crippen molar-refractivity contribution >= 4 is 0 Å². The molecule has 0 aliphatic heterocycles. The molecule has 1 heterocycles. The lowest BCUT2D eigenvalue weighted by Gasteiger charge is -2.20. The van der Waals surface area contributed by atoms with Crippen molar-refractivity contribution in [3.63, 3.8) is 0 Å². The van der Waals surface area contributed by atoms with Gasteiger partial charge in [0.1, 0.15) is 0 Å². The van der Waals surface area contributed by atoms with E-state index in [0.717, 1.165) is 5.56 Å². The molecule has 1 rings (SSSR count). The van der Waals surface area contributed by atoms with E-state index in [1.807, 2.05) is 20.8 Å². The predicted molar refractivity (Wildman–Crippen MR) is 48.9 cm³/mol. The highest BCUT2D eigenvalue weighted by atomic mass is 16.5. The Morgan fingerprint density at radius 1 is 1.31 bits per heavy atom. The molecular weight excluding hydrogens is 168 g/mol. The third-order valence-electron chi connectivity index (χ3n) is 1.75. The van der Waals surface area contributed by atoms with E-state index >= 15 is 0 Å². The molecule has 0 aromatic carbocycles. The highest BCUT2D eigenvalue weighted by Crippen LogP contribution is 2.30. The first-order valence-electron chi connectivity index (χ1n) is 4.06. The Bertz CT molecular complexity index is 305. The Morgan fingerprint density at radius 2 is 1.92 bits per heavy atom. The standard InChI is InChI=1S/C9H14N2O2/c1-9(2,3)6-5-7(12)10-11-8(6)13-4/h5H,1-4H3,(H,10,12). The van der Waals surface area contributed by atoms with Crippen molar-refractivity contribution in [1.29, 1.82) is 0 Å². The fourth-order valence-corrected chi connectivity index (χ4v) is 1.06. The Hall–Kier alpha value is -1.32. The summed E-state index contributed by atoms with van der Waals surface area (Å²) in [5.41, 5.74) is 0.737. The summed E-state index contributed by atoms with van der Waals surface area (Å²) in [6.07, 6.45) is 0. The van der Waals surface area contributed by atoms with Gasteiger partial charge in [-0.2, -0.15) is 0 Å². The molecule has 4 heteroatoms. The number of methoxy groups -OCH3 is 1. The van der Waals surface area contributed by atoms with Gasteiger partial charge in [0.15, 0.2) is 0 Å². The molecule has 13 heavy (non-hydrogen) atoms. The van der Waals surface area contributed by atoms with Crippen LogP contribution in [0.5, 0.6) is 11.8 Å².